The molecule has 2 aromatic heterocycles. The fraction of sp³-hybridized carbons (Fsp3) is 0.250. The van der Waals surface area contributed by atoms with Gasteiger partial charge in [0, 0.05) is 17.7 Å². The lowest BCUT2D eigenvalue weighted by molar-refractivity contribution is 0.0679. The average Bonchev–Trinajstić information content (AvgIpc) is 3.23. The first-order valence-electron chi connectivity index (χ1n) is 8.46. The Balaban J connectivity index is 1.60. The number of rotatable bonds is 1. The van der Waals surface area contributed by atoms with Crippen LogP contribution in [0.15, 0.2) is 49.1 Å². The first-order chi connectivity index (χ1) is 12.3. The van der Waals surface area contributed by atoms with E-state index in [1.165, 1.54) is 11.1 Å². The Morgan fingerprint density at radius 2 is 2.12 bits per heavy atom. The van der Waals surface area contributed by atoms with Crippen LogP contribution >= 0.6 is 0 Å². The van der Waals surface area contributed by atoms with E-state index >= 15 is 0 Å². The standard InChI is InChI=1S/C20H16N4O/c21-8-12-7-13-5-6-16(20(25)18(13)23-9-12)19-15-4-2-1-3-14(15)17-10-22-11-24(17)19/h1-4,7,9-11,16,19-20,25H,5-6H2/t16-,19?,20-/m1/s1. The number of hydrogen-bond donors (Lipinski definition) is 1. The smallest absolute Gasteiger partial charge is 0.101 e. The SMILES string of the molecule is N#Cc1cnc2c(c1)CC[C@H](C1c3ccccc3-c3cncn31)[C@H]2O. The van der Waals surface area contributed by atoms with Crippen molar-refractivity contribution in [2.45, 2.75) is 25.0 Å². The lowest BCUT2D eigenvalue weighted by atomic mass is 9.77. The molecular formula is C20H16N4O. The van der Waals surface area contributed by atoms with Crippen molar-refractivity contribution in [2.75, 3.05) is 0 Å². The Bertz CT molecular complexity index is 1020. The molecule has 5 heteroatoms. The number of nitriles is 1. The van der Waals surface area contributed by atoms with Crippen LogP contribution in [0.2, 0.25) is 0 Å². The maximum Gasteiger partial charge on any atom is 0.101 e. The van der Waals surface area contributed by atoms with Crippen molar-refractivity contribution in [1.82, 2.24) is 14.5 Å². The van der Waals surface area contributed by atoms with Gasteiger partial charge in [-0.1, -0.05) is 24.3 Å². The number of imidazole rings is 1. The summed E-state index contributed by atoms with van der Waals surface area (Å²) in [5, 5.41) is 20.1. The summed E-state index contributed by atoms with van der Waals surface area (Å²) in [4.78, 5) is 8.70. The summed E-state index contributed by atoms with van der Waals surface area (Å²) in [5.74, 6) is 0.0320. The van der Waals surface area contributed by atoms with Gasteiger partial charge in [0.15, 0.2) is 0 Å². The summed E-state index contributed by atoms with van der Waals surface area (Å²) < 4.78 is 2.17. The van der Waals surface area contributed by atoms with Crippen molar-refractivity contribution in [3.8, 4) is 17.3 Å². The third kappa shape index (κ3) is 1.98. The largest absolute Gasteiger partial charge is 0.386 e. The van der Waals surface area contributed by atoms with Gasteiger partial charge in [-0.3, -0.25) is 4.98 Å². The Morgan fingerprint density at radius 3 is 3.00 bits per heavy atom. The van der Waals surface area contributed by atoms with Crippen molar-refractivity contribution in [3.63, 3.8) is 0 Å². The van der Waals surface area contributed by atoms with E-state index in [1.807, 2.05) is 30.7 Å². The zero-order chi connectivity index (χ0) is 17.0. The summed E-state index contributed by atoms with van der Waals surface area (Å²) in [6.07, 6.45) is 6.32. The molecule has 1 aliphatic heterocycles. The van der Waals surface area contributed by atoms with E-state index in [9.17, 15) is 5.11 Å². The minimum absolute atomic E-state index is 0.0320. The summed E-state index contributed by atoms with van der Waals surface area (Å²) in [6.45, 7) is 0. The number of pyridine rings is 1. The summed E-state index contributed by atoms with van der Waals surface area (Å²) >= 11 is 0. The molecule has 3 atom stereocenters. The number of nitrogens with zero attached hydrogens (tertiary/aromatic N) is 4. The first kappa shape index (κ1) is 14.4. The maximum absolute atomic E-state index is 11.1. The number of fused-ring (bicyclic) bond motifs is 4. The second-order valence-electron chi connectivity index (χ2n) is 6.75. The van der Waals surface area contributed by atoms with Crippen molar-refractivity contribution in [3.05, 3.63) is 71.4 Å². The Labute approximate surface area is 145 Å². The molecule has 0 fully saturated rings. The van der Waals surface area contributed by atoms with E-state index in [0.29, 0.717) is 11.3 Å². The zero-order valence-electron chi connectivity index (χ0n) is 13.5. The lowest BCUT2D eigenvalue weighted by Gasteiger charge is -2.34. The zero-order valence-corrected chi connectivity index (χ0v) is 13.5. The molecule has 0 bridgehead atoms. The Morgan fingerprint density at radius 1 is 1.24 bits per heavy atom. The van der Waals surface area contributed by atoms with Crippen molar-refractivity contribution in [1.29, 1.82) is 5.26 Å². The highest BCUT2D eigenvalue weighted by Gasteiger charge is 2.41. The highest BCUT2D eigenvalue weighted by Crippen LogP contribution is 2.49. The molecule has 0 saturated heterocycles. The van der Waals surface area contributed by atoms with E-state index in [2.05, 4.69) is 32.7 Å². The van der Waals surface area contributed by atoms with Crippen LogP contribution in [0.4, 0.5) is 0 Å². The fourth-order valence-electron chi connectivity index (χ4n) is 4.37. The molecule has 5 nitrogen and oxygen atoms in total. The van der Waals surface area contributed by atoms with Gasteiger partial charge in [-0.25, -0.2) is 4.98 Å². The molecule has 0 amide bonds. The highest BCUT2D eigenvalue weighted by atomic mass is 16.3. The van der Waals surface area contributed by atoms with Crippen LogP contribution in [0.5, 0.6) is 0 Å². The van der Waals surface area contributed by atoms with Crippen LogP contribution in [-0.2, 0) is 6.42 Å². The van der Waals surface area contributed by atoms with Gasteiger partial charge in [0.2, 0.25) is 0 Å². The normalized spacial score (nSPS) is 23.4. The number of aliphatic hydroxyl groups is 1. The van der Waals surface area contributed by atoms with Gasteiger partial charge in [-0.2, -0.15) is 5.26 Å². The summed E-state index contributed by atoms with van der Waals surface area (Å²) in [5.41, 5.74) is 5.77. The number of benzene rings is 1. The lowest BCUT2D eigenvalue weighted by Crippen LogP contribution is -2.29. The third-order valence-electron chi connectivity index (χ3n) is 5.49. The van der Waals surface area contributed by atoms with Gasteiger partial charge in [0.1, 0.15) is 12.2 Å². The van der Waals surface area contributed by atoms with Gasteiger partial charge in [-0.05, 0) is 30.0 Å². The van der Waals surface area contributed by atoms with Crippen LogP contribution in [0, 0.1) is 17.2 Å². The highest BCUT2D eigenvalue weighted by molar-refractivity contribution is 5.69. The van der Waals surface area contributed by atoms with Crippen LogP contribution < -0.4 is 0 Å². The second-order valence-corrected chi connectivity index (χ2v) is 6.75. The van der Waals surface area contributed by atoms with Crippen molar-refractivity contribution >= 4 is 0 Å². The molecule has 1 unspecified atom stereocenters. The minimum Gasteiger partial charge on any atom is -0.386 e. The predicted molar refractivity (Wildman–Crippen MR) is 91.5 cm³/mol. The Kier molecular flexibility index (Phi) is 3.03. The van der Waals surface area contributed by atoms with E-state index in [-0.39, 0.29) is 12.0 Å². The molecule has 0 saturated carbocycles. The molecule has 122 valence electrons. The number of hydrogen-bond acceptors (Lipinski definition) is 4. The molecule has 1 N–H and O–H groups in total. The molecule has 25 heavy (non-hydrogen) atoms. The van der Waals surface area contributed by atoms with Gasteiger partial charge >= 0.3 is 0 Å². The monoisotopic (exact) mass is 328 g/mol. The quantitative estimate of drug-likeness (QED) is 0.745. The van der Waals surface area contributed by atoms with Gasteiger partial charge in [0.25, 0.3) is 0 Å². The van der Waals surface area contributed by atoms with Crippen molar-refractivity contribution in [2.24, 2.45) is 5.92 Å². The third-order valence-corrected chi connectivity index (χ3v) is 5.49. The molecule has 2 aliphatic rings. The van der Waals surface area contributed by atoms with Gasteiger partial charge in [0.05, 0.1) is 35.5 Å². The van der Waals surface area contributed by atoms with Crippen molar-refractivity contribution < 1.29 is 5.11 Å². The fourth-order valence-corrected chi connectivity index (χ4v) is 4.37. The number of aliphatic hydroxyl groups excluding tert-OH is 1. The topological polar surface area (TPSA) is 74.7 Å². The average molecular weight is 328 g/mol. The molecule has 3 aromatic rings. The predicted octanol–water partition coefficient (Wildman–Crippen LogP) is 3.02. The molecule has 3 heterocycles. The minimum atomic E-state index is -0.650. The van der Waals surface area contributed by atoms with E-state index in [4.69, 9.17) is 5.26 Å². The van der Waals surface area contributed by atoms with Gasteiger partial charge < -0.3 is 9.67 Å². The second kappa shape index (κ2) is 5.27. The van der Waals surface area contributed by atoms with Crippen LogP contribution in [0.3, 0.4) is 0 Å². The van der Waals surface area contributed by atoms with Crippen LogP contribution in [0.25, 0.3) is 11.3 Å². The first-order valence-corrected chi connectivity index (χ1v) is 8.46. The van der Waals surface area contributed by atoms with Gasteiger partial charge in [-0.15, -0.1) is 0 Å². The Hall–Kier alpha value is -2.97. The number of aryl methyl sites for hydroxylation is 1. The molecule has 0 radical (unpaired) electrons. The molecule has 0 spiro atoms. The van der Waals surface area contributed by atoms with Crippen LogP contribution in [0.1, 0.15) is 41.0 Å². The van der Waals surface area contributed by atoms with Crippen LogP contribution in [-0.4, -0.2) is 19.6 Å². The van der Waals surface area contributed by atoms with E-state index in [0.717, 1.165) is 24.1 Å². The molecular weight excluding hydrogens is 312 g/mol. The molecule has 1 aromatic carbocycles. The number of aromatic nitrogens is 3. The van der Waals surface area contributed by atoms with E-state index in [1.54, 1.807) is 6.20 Å². The molecule has 5 rings (SSSR count). The summed E-state index contributed by atoms with van der Waals surface area (Å²) in [7, 11) is 0. The summed E-state index contributed by atoms with van der Waals surface area (Å²) in [6, 6.07) is 12.4. The van der Waals surface area contributed by atoms with E-state index < -0.39 is 6.10 Å². The maximum atomic E-state index is 11.1. The molecule has 1 aliphatic carbocycles.